The van der Waals surface area contributed by atoms with E-state index in [1.165, 1.54) is 35.6 Å². The van der Waals surface area contributed by atoms with Crippen LogP contribution in [-0.2, 0) is 16.6 Å². The predicted molar refractivity (Wildman–Crippen MR) is 139 cm³/mol. The minimum Gasteiger partial charge on any atom is -0.436 e. The van der Waals surface area contributed by atoms with E-state index in [4.69, 9.17) is 4.42 Å². The van der Waals surface area contributed by atoms with Crippen LogP contribution in [0.4, 0.5) is 5.69 Å². The van der Waals surface area contributed by atoms with Crippen LogP contribution in [0.15, 0.2) is 112 Å². The maximum Gasteiger partial charge on any atom is 0.255 e. The molecule has 0 aliphatic rings. The Hall–Kier alpha value is -4.27. The Morgan fingerprint density at radius 1 is 0.861 bits per heavy atom. The van der Waals surface area contributed by atoms with Crippen molar-refractivity contribution in [3.8, 4) is 11.5 Å². The van der Waals surface area contributed by atoms with Crippen LogP contribution < -0.4 is 5.32 Å². The Kier molecular flexibility index (Phi) is 6.37. The van der Waals surface area contributed by atoms with E-state index in [2.05, 4.69) is 10.3 Å². The second-order valence-electron chi connectivity index (χ2n) is 8.26. The van der Waals surface area contributed by atoms with Gasteiger partial charge in [0.05, 0.1) is 16.1 Å². The summed E-state index contributed by atoms with van der Waals surface area (Å²) in [6.45, 7) is 0.248. The molecule has 4 aromatic carbocycles. The van der Waals surface area contributed by atoms with Crippen molar-refractivity contribution in [2.75, 3.05) is 12.4 Å². The van der Waals surface area contributed by atoms with E-state index < -0.39 is 10.0 Å². The zero-order chi connectivity index (χ0) is 25.1. The van der Waals surface area contributed by atoms with Gasteiger partial charge in [0.25, 0.3) is 5.91 Å². The van der Waals surface area contributed by atoms with Gasteiger partial charge in [0.1, 0.15) is 5.52 Å². The van der Waals surface area contributed by atoms with Gasteiger partial charge >= 0.3 is 0 Å². The van der Waals surface area contributed by atoms with Crippen LogP contribution in [0.3, 0.4) is 0 Å². The molecule has 1 aromatic heterocycles. The zero-order valence-electron chi connectivity index (χ0n) is 19.5. The number of benzene rings is 4. The molecule has 1 amide bonds. The maximum absolute atomic E-state index is 13.0. The topological polar surface area (TPSA) is 92.5 Å². The van der Waals surface area contributed by atoms with Crippen LogP contribution >= 0.6 is 0 Å². The molecule has 1 heterocycles. The van der Waals surface area contributed by atoms with Crippen molar-refractivity contribution >= 4 is 32.7 Å². The fourth-order valence-corrected chi connectivity index (χ4v) is 5.00. The van der Waals surface area contributed by atoms with Crippen molar-refractivity contribution in [3.63, 3.8) is 0 Å². The summed E-state index contributed by atoms with van der Waals surface area (Å²) >= 11 is 0. The summed E-state index contributed by atoms with van der Waals surface area (Å²) in [5.74, 6) is 0.0233. The average molecular weight is 498 g/mol. The summed E-state index contributed by atoms with van der Waals surface area (Å²) in [4.78, 5) is 17.6. The van der Waals surface area contributed by atoms with Crippen molar-refractivity contribution in [2.24, 2.45) is 0 Å². The quantitative estimate of drug-likeness (QED) is 0.317. The van der Waals surface area contributed by atoms with Gasteiger partial charge in [0.15, 0.2) is 5.58 Å². The van der Waals surface area contributed by atoms with Crippen LogP contribution in [0.1, 0.15) is 15.9 Å². The summed E-state index contributed by atoms with van der Waals surface area (Å²) in [6.07, 6.45) is 0. The molecule has 0 radical (unpaired) electrons. The smallest absolute Gasteiger partial charge is 0.255 e. The standard InChI is InChI=1S/C28H23N3O4S/c1-31(19-20-9-3-2-4-10-20)36(33,34)22-17-15-21(16-18-22)27(32)29-24-12-6-5-11-23(24)28-30-25-13-7-8-14-26(25)35-28/h2-18H,19H2,1H3,(H,29,32). The molecule has 0 bridgehead atoms. The first-order chi connectivity index (χ1) is 17.4. The number of rotatable bonds is 7. The summed E-state index contributed by atoms with van der Waals surface area (Å²) < 4.78 is 33.1. The number of hydrogen-bond donors (Lipinski definition) is 1. The highest BCUT2D eigenvalue weighted by molar-refractivity contribution is 7.89. The molecule has 1 N–H and O–H groups in total. The molecule has 8 heteroatoms. The molecule has 0 fully saturated rings. The van der Waals surface area contributed by atoms with Crippen LogP contribution in [0.5, 0.6) is 0 Å². The summed E-state index contributed by atoms with van der Waals surface area (Å²) in [5, 5.41) is 2.88. The number of carbonyl (C=O) groups excluding carboxylic acids is 1. The molecule has 180 valence electrons. The van der Waals surface area contributed by atoms with Gasteiger partial charge in [-0.25, -0.2) is 13.4 Å². The Bertz CT molecular complexity index is 1600. The molecule has 36 heavy (non-hydrogen) atoms. The molecule has 5 aromatic rings. The first kappa shape index (κ1) is 23.5. The van der Waals surface area contributed by atoms with E-state index in [0.29, 0.717) is 28.3 Å². The highest BCUT2D eigenvalue weighted by atomic mass is 32.2. The van der Waals surface area contributed by atoms with E-state index in [9.17, 15) is 13.2 Å². The Labute approximate surface area is 209 Å². The number of aromatic nitrogens is 1. The van der Waals surface area contributed by atoms with E-state index in [1.807, 2.05) is 66.7 Å². The number of para-hydroxylation sites is 3. The van der Waals surface area contributed by atoms with Gasteiger partial charge in [-0.3, -0.25) is 4.79 Å². The molecular formula is C28H23N3O4S. The molecule has 0 aliphatic carbocycles. The number of nitrogens with one attached hydrogen (secondary N) is 1. The van der Waals surface area contributed by atoms with Gasteiger partial charge in [-0.1, -0.05) is 54.6 Å². The van der Waals surface area contributed by atoms with E-state index in [0.717, 1.165) is 11.1 Å². The SMILES string of the molecule is CN(Cc1ccccc1)S(=O)(=O)c1ccc(C(=O)Nc2ccccc2-c2nc3ccccc3o2)cc1. The molecule has 0 saturated carbocycles. The lowest BCUT2D eigenvalue weighted by Crippen LogP contribution is -2.26. The highest BCUT2D eigenvalue weighted by Gasteiger charge is 2.22. The number of oxazole rings is 1. The third-order valence-corrected chi connectivity index (χ3v) is 7.59. The van der Waals surface area contributed by atoms with Crippen LogP contribution in [-0.4, -0.2) is 30.7 Å². The summed E-state index contributed by atoms with van der Waals surface area (Å²) in [6, 6.07) is 29.9. The predicted octanol–water partition coefficient (Wildman–Crippen LogP) is 5.57. The second kappa shape index (κ2) is 9.77. The summed E-state index contributed by atoms with van der Waals surface area (Å²) in [5.41, 5.74) is 3.77. The van der Waals surface area contributed by atoms with Crippen molar-refractivity contribution in [1.82, 2.24) is 9.29 Å². The number of anilines is 1. The number of carbonyl (C=O) groups is 1. The van der Waals surface area contributed by atoms with Crippen LogP contribution in [0.2, 0.25) is 0 Å². The molecular weight excluding hydrogens is 474 g/mol. The number of nitrogens with zero attached hydrogens (tertiary/aromatic N) is 2. The molecule has 0 atom stereocenters. The minimum absolute atomic E-state index is 0.115. The largest absolute Gasteiger partial charge is 0.436 e. The second-order valence-corrected chi connectivity index (χ2v) is 10.3. The van der Waals surface area contributed by atoms with Gasteiger partial charge in [0.2, 0.25) is 15.9 Å². The Morgan fingerprint density at radius 2 is 1.53 bits per heavy atom. The van der Waals surface area contributed by atoms with Crippen molar-refractivity contribution in [1.29, 1.82) is 0 Å². The van der Waals surface area contributed by atoms with Gasteiger partial charge in [-0.2, -0.15) is 4.31 Å². The Balaban J connectivity index is 1.34. The molecule has 0 aliphatic heterocycles. The molecule has 5 rings (SSSR count). The van der Waals surface area contributed by atoms with Crippen molar-refractivity contribution in [2.45, 2.75) is 11.4 Å². The van der Waals surface area contributed by atoms with Crippen molar-refractivity contribution in [3.05, 3.63) is 114 Å². The minimum atomic E-state index is -3.71. The zero-order valence-corrected chi connectivity index (χ0v) is 20.3. The lowest BCUT2D eigenvalue weighted by atomic mass is 10.1. The number of hydrogen-bond acceptors (Lipinski definition) is 5. The normalized spacial score (nSPS) is 11.6. The number of fused-ring (bicyclic) bond motifs is 1. The van der Waals surface area contributed by atoms with Gasteiger partial charge < -0.3 is 9.73 Å². The monoisotopic (exact) mass is 497 g/mol. The average Bonchev–Trinajstić information content (AvgIpc) is 3.34. The molecule has 0 unspecified atom stereocenters. The molecule has 0 spiro atoms. The third-order valence-electron chi connectivity index (χ3n) is 5.77. The maximum atomic E-state index is 13.0. The van der Waals surface area contributed by atoms with E-state index in [1.54, 1.807) is 12.1 Å². The van der Waals surface area contributed by atoms with Crippen LogP contribution in [0.25, 0.3) is 22.6 Å². The highest BCUT2D eigenvalue weighted by Crippen LogP contribution is 2.30. The Morgan fingerprint density at radius 3 is 2.28 bits per heavy atom. The van der Waals surface area contributed by atoms with Crippen LogP contribution in [0, 0.1) is 0 Å². The third kappa shape index (κ3) is 4.77. The lowest BCUT2D eigenvalue weighted by molar-refractivity contribution is 0.102. The van der Waals surface area contributed by atoms with Gasteiger partial charge in [0, 0.05) is 19.2 Å². The summed E-state index contributed by atoms with van der Waals surface area (Å²) in [7, 11) is -2.18. The number of amides is 1. The van der Waals surface area contributed by atoms with Crippen molar-refractivity contribution < 1.29 is 17.6 Å². The fourth-order valence-electron chi connectivity index (χ4n) is 3.84. The molecule has 0 saturated heterocycles. The van der Waals surface area contributed by atoms with E-state index >= 15 is 0 Å². The lowest BCUT2D eigenvalue weighted by Gasteiger charge is -2.17. The first-order valence-electron chi connectivity index (χ1n) is 11.3. The van der Waals surface area contributed by atoms with Gasteiger partial charge in [-0.05, 0) is 54.1 Å². The van der Waals surface area contributed by atoms with Gasteiger partial charge in [-0.15, -0.1) is 0 Å². The molecule has 7 nitrogen and oxygen atoms in total. The first-order valence-corrected chi connectivity index (χ1v) is 12.7. The van der Waals surface area contributed by atoms with E-state index in [-0.39, 0.29) is 17.3 Å². The number of sulfonamides is 1. The fraction of sp³-hybridized carbons (Fsp3) is 0.0714.